The molecule has 3 rings (SSSR count). The zero-order valence-corrected chi connectivity index (χ0v) is 11.0. The summed E-state index contributed by atoms with van der Waals surface area (Å²) in [5, 5.41) is 0. The maximum absolute atomic E-state index is 13.3. The molecule has 0 amide bonds. The Morgan fingerprint density at radius 1 is 1.10 bits per heavy atom. The van der Waals surface area contributed by atoms with Gasteiger partial charge in [0, 0.05) is 18.3 Å². The highest BCUT2D eigenvalue weighted by atomic mass is 19.2. The van der Waals surface area contributed by atoms with Crippen LogP contribution in [0.2, 0.25) is 0 Å². The average molecular weight is 286 g/mol. The van der Waals surface area contributed by atoms with E-state index in [0.717, 1.165) is 17.3 Å². The normalized spacial score (nSPS) is 10.8. The second kappa shape index (κ2) is 5.32. The summed E-state index contributed by atoms with van der Waals surface area (Å²) in [6.45, 7) is 0.384. The third kappa shape index (κ3) is 2.74. The predicted molar refractivity (Wildman–Crippen MR) is 75.3 cm³/mol. The van der Waals surface area contributed by atoms with Gasteiger partial charge in [-0.05, 0) is 29.8 Å². The highest BCUT2D eigenvalue weighted by Crippen LogP contribution is 2.21. The largest absolute Gasteiger partial charge is 0.384 e. The van der Waals surface area contributed by atoms with E-state index in [0.29, 0.717) is 17.9 Å². The molecule has 0 aliphatic rings. The van der Waals surface area contributed by atoms with Gasteiger partial charge in [0.2, 0.25) is 0 Å². The highest BCUT2D eigenvalue weighted by molar-refractivity contribution is 5.61. The minimum absolute atomic E-state index is 0.384. The number of pyridine rings is 1. The molecule has 2 aromatic heterocycles. The molecule has 0 saturated carbocycles. The van der Waals surface area contributed by atoms with Crippen LogP contribution in [0.25, 0.3) is 11.3 Å². The molecule has 0 aliphatic carbocycles. The van der Waals surface area contributed by atoms with Crippen LogP contribution < -0.4 is 5.73 Å². The van der Waals surface area contributed by atoms with Crippen LogP contribution in [0.5, 0.6) is 0 Å². The van der Waals surface area contributed by atoms with Gasteiger partial charge in [0.25, 0.3) is 0 Å². The van der Waals surface area contributed by atoms with Gasteiger partial charge in [-0.15, -0.1) is 0 Å². The fourth-order valence-electron chi connectivity index (χ4n) is 2.13. The minimum Gasteiger partial charge on any atom is -0.384 e. The minimum atomic E-state index is -0.859. The SMILES string of the molecule is Nc1cc(-c2cncn2Cc2ccc(F)c(F)c2)ccn1. The molecule has 0 aliphatic heterocycles. The lowest BCUT2D eigenvalue weighted by atomic mass is 10.1. The third-order valence-corrected chi connectivity index (χ3v) is 3.13. The predicted octanol–water partition coefficient (Wildman–Crippen LogP) is 2.85. The number of halogens is 2. The maximum atomic E-state index is 13.3. The second-order valence-electron chi connectivity index (χ2n) is 4.62. The Bertz CT molecular complexity index is 783. The van der Waals surface area contributed by atoms with Crippen molar-refractivity contribution in [3.8, 4) is 11.3 Å². The molecule has 3 aromatic rings. The van der Waals surface area contributed by atoms with Crippen LogP contribution in [0.4, 0.5) is 14.6 Å². The zero-order valence-electron chi connectivity index (χ0n) is 11.0. The van der Waals surface area contributed by atoms with Crippen molar-refractivity contribution >= 4 is 5.82 Å². The van der Waals surface area contributed by atoms with E-state index < -0.39 is 11.6 Å². The number of nitrogens with two attached hydrogens (primary N) is 1. The van der Waals surface area contributed by atoms with E-state index in [9.17, 15) is 8.78 Å². The molecule has 6 heteroatoms. The summed E-state index contributed by atoms with van der Waals surface area (Å²) < 4.78 is 28.0. The van der Waals surface area contributed by atoms with Crippen molar-refractivity contribution in [3.05, 3.63) is 66.3 Å². The van der Waals surface area contributed by atoms with E-state index in [-0.39, 0.29) is 0 Å². The van der Waals surface area contributed by atoms with Gasteiger partial charge in [-0.25, -0.2) is 18.7 Å². The Morgan fingerprint density at radius 3 is 2.71 bits per heavy atom. The van der Waals surface area contributed by atoms with Gasteiger partial charge in [-0.3, -0.25) is 0 Å². The van der Waals surface area contributed by atoms with Gasteiger partial charge >= 0.3 is 0 Å². The molecule has 1 aromatic carbocycles. The van der Waals surface area contributed by atoms with Crippen LogP contribution in [0.1, 0.15) is 5.56 Å². The van der Waals surface area contributed by atoms with Crippen LogP contribution in [-0.4, -0.2) is 14.5 Å². The average Bonchev–Trinajstić information content (AvgIpc) is 2.91. The Hall–Kier alpha value is -2.76. The first-order valence-electron chi connectivity index (χ1n) is 6.29. The van der Waals surface area contributed by atoms with Crippen LogP contribution in [0, 0.1) is 11.6 Å². The number of nitrogens with zero attached hydrogens (tertiary/aromatic N) is 3. The molecule has 0 atom stereocenters. The number of aromatic nitrogens is 3. The van der Waals surface area contributed by atoms with E-state index in [1.54, 1.807) is 30.9 Å². The topological polar surface area (TPSA) is 56.7 Å². The van der Waals surface area contributed by atoms with Crippen molar-refractivity contribution in [2.24, 2.45) is 0 Å². The molecule has 4 nitrogen and oxygen atoms in total. The summed E-state index contributed by atoms with van der Waals surface area (Å²) in [4.78, 5) is 8.04. The van der Waals surface area contributed by atoms with E-state index >= 15 is 0 Å². The van der Waals surface area contributed by atoms with Crippen molar-refractivity contribution in [1.29, 1.82) is 0 Å². The van der Waals surface area contributed by atoms with Gasteiger partial charge in [-0.1, -0.05) is 6.07 Å². The Morgan fingerprint density at radius 2 is 1.95 bits per heavy atom. The number of imidazole rings is 1. The quantitative estimate of drug-likeness (QED) is 0.805. The lowest BCUT2D eigenvalue weighted by Crippen LogP contribution is -2.02. The molecule has 0 radical (unpaired) electrons. The fraction of sp³-hybridized carbons (Fsp3) is 0.0667. The molecule has 0 spiro atoms. The monoisotopic (exact) mass is 286 g/mol. The van der Waals surface area contributed by atoms with Gasteiger partial charge in [-0.2, -0.15) is 0 Å². The molecular weight excluding hydrogens is 274 g/mol. The van der Waals surface area contributed by atoms with E-state index in [1.165, 1.54) is 6.07 Å². The smallest absolute Gasteiger partial charge is 0.159 e. The number of rotatable bonds is 3. The highest BCUT2D eigenvalue weighted by Gasteiger charge is 2.08. The summed E-state index contributed by atoms with van der Waals surface area (Å²) in [6, 6.07) is 7.39. The summed E-state index contributed by atoms with van der Waals surface area (Å²) in [7, 11) is 0. The second-order valence-corrected chi connectivity index (χ2v) is 4.62. The number of benzene rings is 1. The van der Waals surface area contributed by atoms with Crippen molar-refractivity contribution in [3.63, 3.8) is 0 Å². The van der Waals surface area contributed by atoms with Gasteiger partial charge in [0.15, 0.2) is 11.6 Å². The number of hydrogen-bond acceptors (Lipinski definition) is 3. The van der Waals surface area contributed by atoms with Crippen LogP contribution in [0.15, 0.2) is 49.1 Å². The first-order chi connectivity index (χ1) is 10.1. The van der Waals surface area contributed by atoms with Crippen LogP contribution in [-0.2, 0) is 6.54 Å². The van der Waals surface area contributed by atoms with Gasteiger partial charge < -0.3 is 10.3 Å². The Kier molecular flexibility index (Phi) is 3.35. The van der Waals surface area contributed by atoms with E-state index in [4.69, 9.17) is 5.73 Å². The molecule has 0 unspecified atom stereocenters. The number of nitrogen functional groups attached to an aromatic ring is 1. The summed E-state index contributed by atoms with van der Waals surface area (Å²) in [5.74, 6) is -1.30. The summed E-state index contributed by atoms with van der Waals surface area (Å²) in [5.41, 5.74) is 8.01. The third-order valence-electron chi connectivity index (χ3n) is 3.13. The number of anilines is 1. The molecule has 2 heterocycles. The van der Waals surface area contributed by atoms with E-state index in [1.807, 2.05) is 10.6 Å². The first-order valence-corrected chi connectivity index (χ1v) is 6.29. The molecule has 0 saturated heterocycles. The number of hydrogen-bond donors (Lipinski definition) is 1. The van der Waals surface area contributed by atoms with Gasteiger partial charge in [0.1, 0.15) is 5.82 Å². The van der Waals surface area contributed by atoms with Crippen LogP contribution in [0.3, 0.4) is 0 Å². The lowest BCUT2D eigenvalue weighted by Gasteiger charge is -2.09. The molecule has 0 bridgehead atoms. The van der Waals surface area contributed by atoms with Crippen molar-refractivity contribution < 1.29 is 8.78 Å². The first kappa shape index (κ1) is 13.2. The van der Waals surface area contributed by atoms with Crippen LogP contribution >= 0.6 is 0 Å². The summed E-state index contributed by atoms with van der Waals surface area (Å²) >= 11 is 0. The van der Waals surface area contributed by atoms with Gasteiger partial charge in [0.05, 0.1) is 18.2 Å². The standard InChI is InChI=1S/C15H12F2N4/c16-12-2-1-10(5-13(12)17)8-21-9-19-7-14(21)11-3-4-20-15(18)6-11/h1-7,9H,8H2,(H2,18,20). The summed E-state index contributed by atoms with van der Waals surface area (Å²) in [6.07, 6.45) is 4.93. The Labute approximate surface area is 119 Å². The molecule has 2 N–H and O–H groups in total. The fourth-order valence-corrected chi connectivity index (χ4v) is 2.13. The lowest BCUT2D eigenvalue weighted by molar-refractivity contribution is 0.506. The molecular formula is C15H12F2N4. The zero-order chi connectivity index (χ0) is 14.8. The van der Waals surface area contributed by atoms with E-state index in [2.05, 4.69) is 9.97 Å². The van der Waals surface area contributed by atoms with Crippen molar-refractivity contribution in [1.82, 2.24) is 14.5 Å². The Balaban J connectivity index is 1.94. The molecule has 21 heavy (non-hydrogen) atoms. The molecule has 106 valence electrons. The van der Waals surface area contributed by atoms with Crippen molar-refractivity contribution in [2.45, 2.75) is 6.54 Å². The van der Waals surface area contributed by atoms with Crippen molar-refractivity contribution in [2.75, 3.05) is 5.73 Å². The molecule has 0 fully saturated rings. The maximum Gasteiger partial charge on any atom is 0.159 e.